The molecule has 2 rings (SSSR count). The number of nitrogens with two attached hydrogens (primary N) is 1. The summed E-state index contributed by atoms with van der Waals surface area (Å²) in [5.74, 6) is -0.628. The summed E-state index contributed by atoms with van der Waals surface area (Å²) in [6, 6.07) is 8.45. The minimum atomic E-state index is -4.50. The summed E-state index contributed by atoms with van der Waals surface area (Å²) < 4.78 is 63.8. The summed E-state index contributed by atoms with van der Waals surface area (Å²) >= 11 is 0. The Morgan fingerprint density at radius 3 is 2.44 bits per heavy atom. The third kappa shape index (κ3) is 6.87. The van der Waals surface area contributed by atoms with Crippen LogP contribution in [0.4, 0.5) is 13.2 Å². The fourth-order valence-electron chi connectivity index (χ4n) is 2.08. The number of sulfonamides is 1. The molecule has 0 saturated heterocycles. The number of amides is 1. The van der Waals surface area contributed by atoms with Gasteiger partial charge in [-0.25, -0.2) is 18.5 Å². The predicted octanol–water partition coefficient (Wildman–Crippen LogP) is 1.53. The molecule has 0 bridgehead atoms. The average molecular weight is 403 g/mol. The van der Waals surface area contributed by atoms with Crippen LogP contribution in [-0.2, 0) is 27.8 Å². The highest BCUT2D eigenvalue weighted by molar-refractivity contribution is 7.89. The third-order valence-corrected chi connectivity index (χ3v) is 4.24. The first-order valence-electron chi connectivity index (χ1n) is 7.56. The number of ether oxygens (including phenoxy) is 1. The van der Waals surface area contributed by atoms with E-state index in [0.717, 1.165) is 0 Å². The quantitative estimate of drug-likeness (QED) is 0.728. The number of hydrogen-bond donors (Lipinski definition) is 2. The topological polar surface area (TPSA) is 111 Å². The van der Waals surface area contributed by atoms with Crippen molar-refractivity contribution in [1.29, 1.82) is 0 Å². The van der Waals surface area contributed by atoms with E-state index in [1.807, 2.05) is 0 Å². The van der Waals surface area contributed by atoms with Crippen LogP contribution in [0.5, 0.6) is 5.88 Å². The lowest BCUT2D eigenvalue weighted by molar-refractivity contribution is -0.154. The lowest BCUT2D eigenvalue weighted by atomic mass is 10.1. The summed E-state index contributed by atoms with van der Waals surface area (Å²) in [6.07, 6.45) is -3.27. The Morgan fingerprint density at radius 1 is 1.19 bits per heavy atom. The number of carbonyl (C=O) groups excluding carboxylic acids is 1. The number of primary sulfonamides is 1. The van der Waals surface area contributed by atoms with Crippen molar-refractivity contribution in [3.63, 3.8) is 0 Å². The number of hydrogen-bond acceptors (Lipinski definition) is 5. The van der Waals surface area contributed by atoms with Crippen LogP contribution in [0, 0.1) is 0 Å². The second-order valence-corrected chi connectivity index (χ2v) is 7.08. The van der Waals surface area contributed by atoms with Gasteiger partial charge in [0.25, 0.3) is 0 Å². The number of alkyl halides is 3. The van der Waals surface area contributed by atoms with Crippen LogP contribution in [-0.4, -0.2) is 32.1 Å². The zero-order chi connectivity index (χ0) is 20.1. The van der Waals surface area contributed by atoms with E-state index >= 15 is 0 Å². The number of rotatable bonds is 7. The molecule has 0 fully saturated rings. The third-order valence-electron chi connectivity index (χ3n) is 3.32. The Bertz CT molecular complexity index is 900. The smallest absolute Gasteiger partial charge is 0.422 e. The van der Waals surface area contributed by atoms with E-state index in [-0.39, 0.29) is 23.7 Å². The maximum absolute atomic E-state index is 12.3. The molecule has 1 aromatic carbocycles. The highest BCUT2D eigenvalue weighted by Gasteiger charge is 2.29. The molecule has 3 N–H and O–H groups in total. The SMILES string of the molecule is NS(=O)(=O)c1ccc(CC(=O)NCc2cccnc2OCC(F)(F)F)cc1. The zero-order valence-electron chi connectivity index (χ0n) is 13.9. The summed E-state index contributed by atoms with van der Waals surface area (Å²) in [5.41, 5.74) is 0.833. The molecule has 1 heterocycles. The van der Waals surface area contributed by atoms with Gasteiger partial charge in [-0.1, -0.05) is 18.2 Å². The van der Waals surface area contributed by atoms with Gasteiger partial charge in [0.15, 0.2) is 6.61 Å². The van der Waals surface area contributed by atoms with Crippen LogP contribution in [0.2, 0.25) is 0 Å². The van der Waals surface area contributed by atoms with Crippen molar-refractivity contribution >= 4 is 15.9 Å². The van der Waals surface area contributed by atoms with Crippen molar-refractivity contribution in [3.8, 4) is 5.88 Å². The molecule has 0 spiro atoms. The van der Waals surface area contributed by atoms with Crippen LogP contribution in [0.1, 0.15) is 11.1 Å². The van der Waals surface area contributed by atoms with E-state index in [2.05, 4.69) is 15.0 Å². The van der Waals surface area contributed by atoms with Crippen LogP contribution >= 0.6 is 0 Å². The Labute approximate surface area is 153 Å². The molecule has 7 nitrogen and oxygen atoms in total. The summed E-state index contributed by atoms with van der Waals surface area (Å²) in [6.45, 7) is -1.56. The molecular formula is C16H16F3N3O4S. The van der Waals surface area contributed by atoms with Gasteiger partial charge in [-0.2, -0.15) is 13.2 Å². The lowest BCUT2D eigenvalue weighted by Gasteiger charge is -2.12. The Balaban J connectivity index is 1.94. The first-order valence-corrected chi connectivity index (χ1v) is 9.11. The van der Waals surface area contributed by atoms with Gasteiger partial charge in [0.05, 0.1) is 11.3 Å². The van der Waals surface area contributed by atoms with Gasteiger partial charge in [-0.3, -0.25) is 4.79 Å². The van der Waals surface area contributed by atoms with Crippen molar-refractivity contribution in [2.45, 2.75) is 24.0 Å². The van der Waals surface area contributed by atoms with Crippen molar-refractivity contribution in [1.82, 2.24) is 10.3 Å². The average Bonchev–Trinajstić information content (AvgIpc) is 2.58. The molecule has 0 unspecified atom stereocenters. The molecule has 0 aliphatic carbocycles. The maximum atomic E-state index is 12.3. The molecule has 0 aliphatic rings. The predicted molar refractivity (Wildman–Crippen MR) is 89.2 cm³/mol. The zero-order valence-corrected chi connectivity index (χ0v) is 14.7. The monoisotopic (exact) mass is 403 g/mol. The van der Waals surface area contributed by atoms with Gasteiger partial charge in [-0.15, -0.1) is 0 Å². The molecule has 11 heteroatoms. The van der Waals surface area contributed by atoms with Gasteiger partial charge in [0, 0.05) is 18.3 Å². The number of halogens is 3. The van der Waals surface area contributed by atoms with Gasteiger partial charge in [0.1, 0.15) is 0 Å². The lowest BCUT2D eigenvalue weighted by Crippen LogP contribution is -2.26. The van der Waals surface area contributed by atoms with E-state index in [4.69, 9.17) is 5.14 Å². The molecule has 0 radical (unpaired) electrons. The summed E-state index contributed by atoms with van der Waals surface area (Å²) in [4.78, 5) is 15.7. The van der Waals surface area contributed by atoms with E-state index < -0.39 is 28.7 Å². The Hall–Kier alpha value is -2.66. The highest BCUT2D eigenvalue weighted by atomic mass is 32.2. The van der Waals surface area contributed by atoms with Gasteiger partial charge >= 0.3 is 6.18 Å². The van der Waals surface area contributed by atoms with Crippen molar-refractivity contribution in [2.24, 2.45) is 5.14 Å². The first kappa shape index (κ1) is 20.6. The van der Waals surface area contributed by atoms with Crippen molar-refractivity contribution < 1.29 is 31.1 Å². The molecule has 0 saturated carbocycles. The van der Waals surface area contributed by atoms with Gasteiger partial charge < -0.3 is 10.1 Å². The van der Waals surface area contributed by atoms with Crippen molar-refractivity contribution in [2.75, 3.05) is 6.61 Å². The van der Waals surface area contributed by atoms with Gasteiger partial charge in [0.2, 0.25) is 21.8 Å². The van der Waals surface area contributed by atoms with Crippen LogP contribution in [0.3, 0.4) is 0 Å². The normalized spacial score (nSPS) is 11.9. The first-order chi connectivity index (χ1) is 12.5. The van der Waals surface area contributed by atoms with E-state index in [1.165, 1.54) is 42.6 Å². The molecule has 146 valence electrons. The van der Waals surface area contributed by atoms with Crippen LogP contribution in [0.15, 0.2) is 47.5 Å². The molecule has 0 atom stereocenters. The molecule has 1 aromatic heterocycles. The molecule has 0 aliphatic heterocycles. The fraction of sp³-hybridized carbons (Fsp3) is 0.250. The molecule has 27 heavy (non-hydrogen) atoms. The van der Waals surface area contributed by atoms with E-state index in [1.54, 1.807) is 0 Å². The number of nitrogens with one attached hydrogen (secondary N) is 1. The van der Waals surface area contributed by atoms with Gasteiger partial charge in [-0.05, 0) is 23.8 Å². The molecule has 1 amide bonds. The minimum Gasteiger partial charge on any atom is -0.468 e. The van der Waals surface area contributed by atoms with E-state index in [9.17, 15) is 26.4 Å². The molecular weight excluding hydrogens is 387 g/mol. The second kappa shape index (κ2) is 8.35. The Kier molecular flexibility index (Phi) is 6.39. The standard InChI is InChI=1S/C16H16F3N3O4S/c17-16(18,19)10-26-15-12(2-1-7-21-15)9-22-14(23)8-11-3-5-13(6-4-11)27(20,24)25/h1-7H,8-10H2,(H,22,23)(H2,20,24,25). The number of nitrogens with zero attached hydrogens (tertiary/aromatic N) is 1. The molecule has 2 aromatic rings. The number of carbonyl (C=O) groups is 1. The maximum Gasteiger partial charge on any atom is 0.422 e. The minimum absolute atomic E-state index is 0.0517. The number of benzene rings is 1. The van der Waals surface area contributed by atoms with E-state index in [0.29, 0.717) is 11.1 Å². The summed E-state index contributed by atoms with van der Waals surface area (Å²) in [7, 11) is -3.82. The highest BCUT2D eigenvalue weighted by Crippen LogP contribution is 2.20. The van der Waals surface area contributed by atoms with Crippen LogP contribution in [0.25, 0.3) is 0 Å². The van der Waals surface area contributed by atoms with Crippen molar-refractivity contribution in [3.05, 3.63) is 53.7 Å². The summed E-state index contributed by atoms with van der Waals surface area (Å²) in [5, 5.41) is 7.54. The number of pyridine rings is 1. The largest absolute Gasteiger partial charge is 0.468 e. The fourth-order valence-corrected chi connectivity index (χ4v) is 2.59. The second-order valence-electron chi connectivity index (χ2n) is 5.51. The van der Waals surface area contributed by atoms with Crippen LogP contribution < -0.4 is 15.2 Å². The Morgan fingerprint density at radius 2 is 1.85 bits per heavy atom. The number of aromatic nitrogens is 1.